The number of imidazole rings is 1. The van der Waals surface area contributed by atoms with Crippen molar-refractivity contribution in [1.82, 2.24) is 20.8 Å². The van der Waals surface area contributed by atoms with Crippen LogP contribution in [0.5, 0.6) is 0 Å². The first-order valence-electron chi connectivity index (χ1n) is 7.01. The van der Waals surface area contributed by atoms with Crippen molar-refractivity contribution >= 4 is 46.0 Å². The van der Waals surface area contributed by atoms with Crippen LogP contribution in [0.25, 0.3) is 11.0 Å². The number of benzene rings is 2. The Balaban J connectivity index is 1.61. The monoisotopic (exact) mass is 362 g/mol. The molecule has 3 N–H and O–H groups in total. The van der Waals surface area contributed by atoms with E-state index in [2.05, 4.69) is 20.8 Å². The number of hydrazine groups is 1. The minimum Gasteiger partial charge on any atom is -0.342 e. The predicted molar refractivity (Wildman–Crippen MR) is 91.9 cm³/mol. The van der Waals surface area contributed by atoms with E-state index in [9.17, 15) is 9.59 Å². The second-order valence-corrected chi connectivity index (χ2v) is 5.77. The summed E-state index contributed by atoms with van der Waals surface area (Å²) < 4.78 is 0. The number of halogens is 2. The van der Waals surface area contributed by atoms with Gasteiger partial charge in [0, 0.05) is 0 Å². The average Bonchev–Trinajstić information content (AvgIpc) is 2.97. The highest BCUT2D eigenvalue weighted by Crippen LogP contribution is 2.25. The molecular weight excluding hydrogens is 351 g/mol. The van der Waals surface area contributed by atoms with Gasteiger partial charge in [0.1, 0.15) is 5.82 Å². The highest BCUT2D eigenvalue weighted by atomic mass is 35.5. The van der Waals surface area contributed by atoms with Gasteiger partial charge in [0.05, 0.1) is 33.1 Å². The number of hydrogen-bond acceptors (Lipinski definition) is 3. The van der Waals surface area contributed by atoms with Gasteiger partial charge in [-0.3, -0.25) is 20.4 Å². The van der Waals surface area contributed by atoms with Crippen LogP contribution in [0.4, 0.5) is 0 Å². The molecule has 0 radical (unpaired) electrons. The Hall–Kier alpha value is -2.57. The largest absolute Gasteiger partial charge is 0.342 e. The molecule has 24 heavy (non-hydrogen) atoms. The number of aromatic nitrogens is 2. The summed E-state index contributed by atoms with van der Waals surface area (Å²) in [6.45, 7) is 0. The zero-order chi connectivity index (χ0) is 17.1. The van der Waals surface area contributed by atoms with Crippen molar-refractivity contribution in [3.63, 3.8) is 0 Å². The first kappa shape index (κ1) is 16.3. The van der Waals surface area contributed by atoms with E-state index in [-0.39, 0.29) is 22.0 Å². The number of H-pyrrole nitrogens is 1. The van der Waals surface area contributed by atoms with Crippen molar-refractivity contribution in [1.29, 1.82) is 0 Å². The number of amides is 2. The summed E-state index contributed by atoms with van der Waals surface area (Å²) in [5, 5.41) is 0.390. The van der Waals surface area contributed by atoms with Gasteiger partial charge < -0.3 is 4.98 Å². The van der Waals surface area contributed by atoms with E-state index < -0.39 is 11.8 Å². The Bertz CT molecular complexity index is 890. The third-order valence-electron chi connectivity index (χ3n) is 3.28. The van der Waals surface area contributed by atoms with E-state index in [1.807, 2.05) is 24.3 Å². The highest BCUT2D eigenvalue weighted by Gasteiger charge is 2.14. The lowest BCUT2D eigenvalue weighted by atomic mass is 10.2. The van der Waals surface area contributed by atoms with Crippen LogP contribution in [0.15, 0.2) is 42.5 Å². The number of nitrogens with zero attached hydrogens (tertiary/aromatic N) is 1. The maximum Gasteiger partial charge on any atom is 0.271 e. The summed E-state index contributed by atoms with van der Waals surface area (Å²) in [6, 6.07) is 12.1. The van der Waals surface area contributed by atoms with Gasteiger partial charge in [0.25, 0.3) is 5.91 Å². The van der Waals surface area contributed by atoms with Crippen molar-refractivity contribution < 1.29 is 9.59 Å². The van der Waals surface area contributed by atoms with Crippen molar-refractivity contribution in [3.05, 3.63) is 63.9 Å². The van der Waals surface area contributed by atoms with Crippen molar-refractivity contribution in [2.75, 3.05) is 0 Å². The Morgan fingerprint density at radius 1 is 1.04 bits per heavy atom. The van der Waals surface area contributed by atoms with Crippen LogP contribution in [0.3, 0.4) is 0 Å². The van der Waals surface area contributed by atoms with E-state index in [0.29, 0.717) is 5.82 Å². The molecule has 0 fully saturated rings. The minimum atomic E-state index is -0.555. The Labute approximate surface area is 147 Å². The molecule has 0 atom stereocenters. The number of rotatable bonds is 3. The van der Waals surface area contributed by atoms with E-state index in [1.165, 1.54) is 6.07 Å². The standard InChI is InChI=1S/C16H12Cl2N4O2/c17-10-5-3-4-9(15(10)18)16(24)22-21-14(23)8-13-19-11-6-1-2-7-12(11)20-13/h1-7H,8H2,(H,19,20)(H,21,23)(H,22,24). The van der Waals surface area contributed by atoms with Gasteiger partial charge >= 0.3 is 0 Å². The summed E-state index contributed by atoms with van der Waals surface area (Å²) in [6.07, 6.45) is -0.00175. The maximum atomic E-state index is 12.0. The number of nitrogens with one attached hydrogen (secondary N) is 3. The molecule has 0 aliphatic carbocycles. The van der Waals surface area contributed by atoms with Crippen molar-refractivity contribution in [2.24, 2.45) is 0 Å². The molecule has 0 saturated carbocycles. The molecule has 0 bridgehead atoms. The van der Waals surface area contributed by atoms with Crippen LogP contribution in [0, 0.1) is 0 Å². The first-order valence-corrected chi connectivity index (χ1v) is 7.77. The van der Waals surface area contributed by atoms with E-state index in [0.717, 1.165) is 11.0 Å². The molecule has 3 rings (SSSR count). The van der Waals surface area contributed by atoms with Gasteiger partial charge in [0.2, 0.25) is 5.91 Å². The number of carbonyl (C=O) groups excluding carboxylic acids is 2. The van der Waals surface area contributed by atoms with Gasteiger partial charge in [-0.1, -0.05) is 41.4 Å². The minimum absolute atomic E-state index is 0.00175. The molecule has 1 aromatic heterocycles. The van der Waals surface area contributed by atoms with E-state index in [1.54, 1.807) is 12.1 Å². The summed E-state index contributed by atoms with van der Waals surface area (Å²) in [5.41, 5.74) is 6.41. The lowest BCUT2D eigenvalue weighted by molar-refractivity contribution is -0.121. The summed E-state index contributed by atoms with van der Waals surface area (Å²) in [7, 11) is 0. The van der Waals surface area contributed by atoms with Gasteiger partial charge in [-0.05, 0) is 24.3 Å². The fourth-order valence-electron chi connectivity index (χ4n) is 2.16. The molecule has 2 amide bonds. The first-order chi connectivity index (χ1) is 11.5. The van der Waals surface area contributed by atoms with Crippen LogP contribution in [0.2, 0.25) is 10.0 Å². The van der Waals surface area contributed by atoms with E-state index in [4.69, 9.17) is 23.2 Å². The maximum absolute atomic E-state index is 12.0. The SMILES string of the molecule is O=C(Cc1nc2ccccc2[nH]1)NNC(=O)c1cccc(Cl)c1Cl. The second kappa shape index (κ2) is 6.90. The van der Waals surface area contributed by atoms with Crippen LogP contribution < -0.4 is 10.9 Å². The topological polar surface area (TPSA) is 86.9 Å². The molecule has 0 spiro atoms. The van der Waals surface area contributed by atoms with Gasteiger partial charge in [-0.15, -0.1) is 0 Å². The molecular formula is C16H12Cl2N4O2. The molecule has 1 heterocycles. The number of para-hydroxylation sites is 2. The molecule has 0 aliphatic rings. The summed E-state index contributed by atoms with van der Waals surface area (Å²) in [4.78, 5) is 31.3. The molecule has 0 saturated heterocycles. The zero-order valence-electron chi connectivity index (χ0n) is 12.3. The fraction of sp³-hybridized carbons (Fsp3) is 0.0625. The lowest BCUT2D eigenvalue weighted by Gasteiger charge is -2.08. The Morgan fingerprint density at radius 3 is 2.62 bits per heavy atom. The molecule has 0 aliphatic heterocycles. The second-order valence-electron chi connectivity index (χ2n) is 4.98. The van der Waals surface area contributed by atoms with Gasteiger partial charge in [-0.25, -0.2) is 4.98 Å². The number of carbonyl (C=O) groups is 2. The summed E-state index contributed by atoms with van der Waals surface area (Å²) in [5.74, 6) is -0.468. The van der Waals surface area contributed by atoms with Crippen LogP contribution >= 0.6 is 23.2 Å². The van der Waals surface area contributed by atoms with Crippen molar-refractivity contribution in [2.45, 2.75) is 6.42 Å². The third kappa shape index (κ3) is 3.50. The molecule has 3 aromatic rings. The number of fused-ring (bicyclic) bond motifs is 1. The number of hydrogen-bond donors (Lipinski definition) is 3. The van der Waals surface area contributed by atoms with Gasteiger partial charge in [-0.2, -0.15) is 0 Å². The highest BCUT2D eigenvalue weighted by molar-refractivity contribution is 6.43. The quantitative estimate of drug-likeness (QED) is 0.626. The molecule has 2 aromatic carbocycles. The molecule has 122 valence electrons. The van der Waals surface area contributed by atoms with Crippen LogP contribution in [0.1, 0.15) is 16.2 Å². The average molecular weight is 363 g/mol. The Kier molecular flexibility index (Phi) is 4.69. The molecule has 0 unspecified atom stereocenters. The van der Waals surface area contributed by atoms with Crippen LogP contribution in [-0.4, -0.2) is 21.8 Å². The smallest absolute Gasteiger partial charge is 0.271 e. The van der Waals surface area contributed by atoms with Crippen LogP contribution in [-0.2, 0) is 11.2 Å². The molecule has 6 nitrogen and oxygen atoms in total. The normalized spacial score (nSPS) is 10.6. The van der Waals surface area contributed by atoms with Gasteiger partial charge in [0.15, 0.2) is 0 Å². The van der Waals surface area contributed by atoms with Crippen molar-refractivity contribution in [3.8, 4) is 0 Å². The number of aromatic amines is 1. The molecule has 8 heteroatoms. The lowest BCUT2D eigenvalue weighted by Crippen LogP contribution is -2.42. The summed E-state index contributed by atoms with van der Waals surface area (Å²) >= 11 is 11.8. The third-order valence-corrected chi connectivity index (χ3v) is 4.10. The Morgan fingerprint density at radius 2 is 1.83 bits per heavy atom. The van der Waals surface area contributed by atoms with E-state index >= 15 is 0 Å². The zero-order valence-corrected chi connectivity index (χ0v) is 13.8. The fourth-order valence-corrected chi connectivity index (χ4v) is 2.54. The predicted octanol–water partition coefficient (Wildman–Crippen LogP) is 2.87.